The van der Waals surface area contributed by atoms with Crippen molar-refractivity contribution < 1.29 is 63.3 Å². The van der Waals surface area contributed by atoms with E-state index in [-0.39, 0.29) is 62.3 Å². The number of aliphatic carboxylic acids is 1. The highest BCUT2D eigenvalue weighted by atomic mass is 32.2. The molecular formula is C29H27F8NO6S. The van der Waals surface area contributed by atoms with Gasteiger partial charge in [0, 0.05) is 12.1 Å². The molecule has 1 heterocycles. The summed E-state index contributed by atoms with van der Waals surface area (Å²) in [4.78, 5) is 25.9. The maximum atomic E-state index is 15.0. The smallest absolute Gasteiger partial charge is 0.435 e. The Morgan fingerprint density at radius 3 is 1.98 bits per heavy atom. The number of alkyl halides is 7. The lowest BCUT2D eigenvalue weighted by Crippen LogP contribution is -2.57. The minimum absolute atomic E-state index is 0.0376. The van der Waals surface area contributed by atoms with E-state index in [9.17, 15) is 63.3 Å². The number of carbonyl (C=O) groups is 2. The molecule has 45 heavy (non-hydrogen) atoms. The second-order valence-corrected chi connectivity index (χ2v) is 14.0. The number of nitrogens with zero attached hydrogens (tertiary/aromatic N) is 1. The third-order valence-corrected chi connectivity index (χ3v) is 12.0. The molecule has 0 spiro atoms. The molecule has 1 saturated carbocycles. The number of fused-ring (bicyclic) bond motifs is 3. The van der Waals surface area contributed by atoms with Crippen molar-refractivity contribution in [2.45, 2.75) is 84.3 Å². The summed E-state index contributed by atoms with van der Waals surface area (Å²) in [6.45, 7) is -0.298. The lowest BCUT2D eigenvalue weighted by atomic mass is 9.75. The first-order valence-corrected chi connectivity index (χ1v) is 15.4. The third kappa shape index (κ3) is 4.89. The summed E-state index contributed by atoms with van der Waals surface area (Å²) in [6, 6.07) is 3.56. The third-order valence-electron chi connectivity index (χ3n) is 9.49. The lowest BCUT2D eigenvalue weighted by Gasteiger charge is -2.45. The standard InChI is InChI=1S/C29H27F8NO6S/c30-19-3-5-20(6-4-19)45(43,44)26-13-14-38(24(41)25(42)11-9-16(10-12-25)23(39)40)22(26)8-1-17-15-18(2-7-21(17)26)27(31,28(32,33)34)29(35,36)37/h2-7,15-16,22,42H,1,8-14H2,(H,39,40)/t16?,22-,25?,26-/m1/s1. The van der Waals surface area contributed by atoms with Crippen LogP contribution in [0.1, 0.15) is 55.2 Å². The number of likely N-dealkylation sites (tertiary alicyclic amines) is 1. The minimum Gasteiger partial charge on any atom is -0.481 e. The zero-order chi connectivity index (χ0) is 33.4. The fraction of sp³-hybridized carbons (Fsp3) is 0.517. The second-order valence-electron chi connectivity index (χ2n) is 11.8. The van der Waals surface area contributed by atoms with Crippen molar-refractivity contribution in [2.24, 2.45) is 5.92 Å². The topological polar surface area (TPSA) is 112 Å². The number of benzene rings is 2. The van der Waals surface area contributed by atoms with Crippen molar-refractivity contribution in [2.75, 3.05) is 6.54 Å². The number of carboxylic acid groups (broad SMARTS) is 1. The van der Waals surface area contributed by atoms with E-state index in [1.807, 2.05) is 0 Å². The number of hydrogen-bond donors (Lipinski definition) is 2. The zero-order valence-electron chi connectivity index (χ0n) is 23.3. The van der Waals surface area contributed by atoms with Crippen molar-refractivity contribution in [1.29, 1.82) is 0 Å². The molecule has 1 amide bonds. The molecule has 1 aliphatic heterocycles. The summed E-state index contributed by atoms with van der Waals surface area (Å²) in [5.41, 5.74) is -10.1. The molecule has 1 saturated heterocycles. The van der Waals surface area contributed by atoms with Crippen molar-refractivity contribution in [3.8, 4) is 0 Å². The van der Waals surface area contributed by atoms with Crippen LogP contribution in [-0.4, -0.2) is 65.9 Å². The summed E-state index contributed by atoms with van der Waals surface area (Å²) < 4.78 is 137. The fourth-order valence-corrected chi connectivity index (χ4v) is 9.49. The molecule has 7 nitrogen and oxygen atoms in total. The summed E-state index contributed by atoms with van der Waals surface area (Å²) in [7, 11) is -4.69. The monoisotopic (exact) mass is 669 g/mol. The van der Waals surface area contributed by atoms with Gasteiger partial charge in [-0.05, 0) is 80.3 Å². The lowest BCUT2D eigenvalue weighted by molar-refractivity contribution is -0.348. The molecular weight excluding hydrogens is 642 g/mol. The Kier molecular flexibility index (Phi) is 7.83. The molecule has 246 valence electrons. The van der Waals surface area contributed by atoms with Crippen LogP contribution in [0.3, 0.4) is 0 Å². The number of amides is 1. The molecule has 5 rings (SSSR count). The molecule has 2 aliphatic carbocycles. The van der Waals surface area contributed by atoms with Crippen molar-refractivity contribution in [3.63, 3.8) is 0 Å². The molecule has 0 bridgehead atoms. The van der Waals surface area contributed by atoms with Crippen LogP contribution in [0, 0.1) is 11.7 Å². The molecule has 2 aromatic carbocycles. The predicted octanol–water partition coefficient (Wildman–Crippen LogP) is 5.34. The Morgan fingerprint density at radius 2 is 1.44 bits per heavy atom. The SMILES string of the molecule is O=C(O)C1CCC(O)(C(=O)N2CC[C@@]3(S(=O)(=O)c4ccc(F)cc4)c4ccc(C(F)(C(F)(F)F)C(F)(F)F)cc4CC[C@@H]23)CC1. The Bertz CT molecular complexity index is 1600. The van der Waals surface area contributed by atoms with E-state index in [1.54, 1.807) is 0 Å². The highest BCUT2D eigenvalue weighted by Gasteiger charge is 2.74. The van der Waals surface area contributed by atoms with Gasteiger partial charge in [-0.25, -0.2) is 17.2 Å². The zero-order valence-corrected chi connectivity index (χ0v) is 24.1. The summed E-state index contributed by atoms with van der Waals surface area (Å²) >= 11 is 0. The molecule has 2 atom stereocenters. The van der Waals surface area contributed by atoms with Crippen LogP contribution < -0.4 is 0 Å². The van der Waals surface area contributed by atoms with E-state index in [1.165, 1.54) is 0 Å². The quantitative estimate of drug-likeness (QED) is 0.329. The van der Waals surface area contributed by atoms with E-state index < -0.39 is 84.7 Å². The van der Waals surface area contributed by atoms with Gasteiger partial charge in [0.1, 0.15) is 16.2 Å². The highest BCUT2D eigenvalue weighted by molar-refractivity contribution is 7.92. The van der Waals surface area contributed by atoms with Crippen LogP contribution in [-0.2, 0) is 36.3 Å². The van der Waals surface area contributed by atoms with Gasteiger partial charge in [-0.15, -0.1) is 0 Å². The Labute approximate surface area is 251 Å². The number of carbonyl (C=O) groups excluding carboxylic acids is 1. The summed E-state index contributed by atoms with van der Waals surface area (Å²) in [6.07, 6.45) is -14.4. The average Bonchev–Trinajstić information content (AvgIpc) is 3.37. The molecule has 2 N–H and O–H groups in total. The van der Waals surface area contributed by atoms with E-state index in [2.05, 4.69) is 0 Å². The normalized spacial score (nSPS) is 27.5. The first-order chi connectivity index (χ1) is 20.7. The number of carboxylic acids is 1. The van der Waals surface area contributed by atoms with E-state index in [4.69, 9.17) is 0 Å². The average molecular weight is 670 g/mol. The van der Waals surface area contributed by atoms with Crippen molar-refractivity contribution in [1.82, 2.24) is 4.90 Å². The van der Waals surface area contributed by atoms with E-state index in [0.717, 1.165) is 29.2 Å². The first kappa shape index (κ1) is 33.1. The van der Waals surface area contributed by atoms with Crippen molar-refractivity contribution in [3.05, 3.63) is 65.0 Å². The van der Waals surface area contributed by atoms with Gasteiger partial charge in [-0.3, -0.25) is 9.59 Å². The highest BCUT2D eigenvalue weighted by Crippen LogP contribution is 2.57. The van der Waals surface area contributed by atoms with Gasteiger partial charge in [-0.2, -0.15) is 26.3 Å². The molecule has 2 aromatic rings. The van der Waals surface area contributed by atoms with Gasteiger partial charge in [0.15, 0.2) is 9.84 Å². The minimum atomic E-state index is -6.40. The Morgan fingerprint density at radius 1 is 0.867 bits per heavy atom. The summed E-state index contributed by atoms with van der Waals surface area (Å²) in [5.74, 6) is -3.59. The van der Waals surface area contributed by atoms with Crippen LogP contribution in [0.4, 0.5) is 35.1 Å². The number of hydrogen-bond acceptors (Lipinski definition) is 5. The van der Waals surface area contributed by atoms with Gasteiger partial charge in [0.05, 0.1) is 16.9 Å². The predicted molar refractivity (Wildman–Crippen MR) is 140 cm³/mol. The van der Waals surface area contributed by atoms with Gasteiger partial charge in [-0.1, -0.05) is 18.2 Å². The number of aliphatic hydroxyl groups is 1. The maximum absolute atomic E-state index is 15.0. The number of aryl methyl sites for hydroxylation is 1. The number of halogens is 8. The van der Waals surface area contributed by atoms with Crippen LogP contribution >= 0.6 is 0 Å². The molecule has 3 aliphatic rings. The van der Waals surface area contributed by atoms with Crippen LogP contribution in [0.5, 0.6) is 0 Å². The number of sulfone groups is 1. The maximum Gasteiger partial charge on any atom is 0.435 e. The van der Waals surface area contributed by atoms with Gasteiger partial charge >= 0.3 is 24.0 Å². The Hall–Kier alpha value is -3.27. The van der Waals surface area contributed by atoms with E-state index in [0.29, 0.717) is 12.1 Å². The second kappa shape index (κ2) is 10.6. The molecule has 16 heteroatoms. The summed E-state index contributed by atoms with van der Waals surface area (Å²) in [5, 5.41) is 20.6. The largest absolute Gasteiger partial charge is 0.481 e. The molecule has 2 fully saturated rings. The fourth-order valence-electron chi connectivity index (χ4n) is 7.12. The molecule has 0 aromatic heterocycles. The van der Waals surface area contributed by atoms with Gasteiger partial charge in [0.2, 0.25) is 0 Å². The molecule has 0 radical (unpaired) electrons. The van der Waals surface area contributed by atoms with Crippen LogP contribution in [0.2, 0.25) is 0 Å². The van der Waals surface area contributed by atoms with Gasteiger partial charge in [0.25, 0.3) is 5.91 Å². The van der Waals surface area contributed by atoms with Crippen LogP contribution in [0.25, 0.3) is 0 Å². The number of rotatable bonds is 5. The van der Waals surface area contributed by atoms with Crippen molar-refractivity contribution >= 4 is 21.7 Å². The van der Waals surface area contributed by atoms with E-state index >= 15 is 0 Å². The van der Waals surface area contributed by atoms with Crippen LogP contribution in [0.15, 0.2) is 47.4 Å². The Balaban J connectivity index is 1.64. The first-order valence-electron chi connectivity index (χ1n) is 13.9. The molecule has 0 unspecified atom stereocenters. The van der Waals surface area contributed by atoms with Gasteiger partial charge < -0.3 is 15.1 Å².